The molecule has 0 aliphatic rings. The molecule has 0 bridgehead atoms. The summed E-state index contributed by atoms with van der Waals surface area (Å²) in [5.74, 6) is -0.448. The number of carbonyl (C=O) groups excluding carboxylic acids is 2. The molecule has 2 unspecified atom stereocenters. The number of nitrogens with one attached hydrogen (secondary N) is 2. The molecule has 0 saturated heterocycles. The number of amides is 2. The van der Waals surface area contributed by atoms with Crippen LogP contribution < -0.4 is 10.6 Å². The van der Waals surface area contributed by atoms with Crippen LogP contribution in [0.2, 0.25) is 0 Å². The van der Waals surface area contributed by atoms with Crippen molar-refractivity contribution < 1.29 is 19.8 Å². The Labute approximate surface area is 124 Å². The molecular formula is C11H22N2O4S2. The summed E-state index contributed by atoms with van der Waals surface area (Å²) in [4.78, 5) is 22.9. The molecule has 0 aromatic carbocycles. The van der Waals surface area contributed by atoms with Gasteiger partial charge in [0.1, 0.15) is 0 Å². The average molecular weight is 310 g/mol. The Morgan fingerprint density at radius 3 is 1.58 bits per heavy atom. The molecule has 0 aromatic heterocycles. The summed E-state index contributed by atoms with van der Waals surface area (Å²) in [6.45, 7) is 0.231. The van der Waals surface area contributed by atoms with Crippen LogP contribution in [0, 0.1) is 0 Å². The normalized spacial score (nSPS) is 13.7. The zero-order valence-corrected chi connectivity index (χ0v) is 12.5. The summed E-state index contributed by atoms with van der Waals surface area (Å²) in [5, 5.41) is 21.3. The molecule has 2 amide bonds. The monoisotopic (exact) mass is 310 g/mol. The molecule has 0 fully saturated rings. The van der Waals surface area contributed by atoms with Crippen LogP contribution >= 0.6 is 25.3 Å². The van der Waals surface area contributed by atoms with E-state index in [-0.39, 0.29) is 38.1 Å². The van der Waals surface area contributed by atoms with E-state index in [1.54, 1.807) is 0 Å². The lowest BCUT2D eigenvalue weighted by Gasteiger charge is -2.13. The first kappa shape index (κ1) is 18.6. The largest absolute Gasteiger partial charge is 0.395 e. The Balaban J connectivity index is 3.76. The highest BCUT2D eigenvalue weighted by Crippen LogP contribution is 2.12. The predicted octanol–water partition coefficient (Wildman–Crippen LogP) is -1.03. The van der Waals surface area contributed by atoms with Crippen LogP contribution in [0.1, 0.15) is 19.3 Å². The lowest BCUT2D eigenvalue weighted by Crippen LogP contribution is -2.34. The van der Waals surface area contributed by atoms with Crippen LogP contribution in [0.15, 0.2) is 0 Å². The minimum atomic E-state index is -0.451. The van der Waals surface area contributed by atoms with Gasteiger partial charge < -0.3 is 20.8 Å². The van der Waals surface area contributed by atoms with Gasteiger partial charge in [0.2, 0.25) is 11.8 Å². The van der Waals surface area contributed by atoms with Crippen LogP contribution in [-0.4, -0.2) is 58.8 Å². The first-order valence-electron chi connectivity index (χ1n) is 6.16. The van der Waals surface area contributed by atoms with Crippen molar-refractivity contribution >= 4 is 37.1 Å². The number of hydrogen-bond acceptors (Lipinski definition) is 6. The van der Waals surface area contributed by atoms with Gasteiger partial charge >= 0.3 is 0 Å². The van der Waals surface area contributed by atoms with Gasteiger partial charge in [0.15, 0.2) is 0 Å². The number of aliphatic hydroxyl groups is 2. The maximum absolute atomic E-state index is 11.4. The molecule has 0 rings (SSSR count). The predicted molar refractivity (Wildman–Crippen MR) is 79.6 cm³/mol. The molecule has 6 nitrogen and oxygen atoms in total. The first-order valence-corrected chi connectivity index (χ1v) is 7.19. The zero-order valence-electron chi connectivity index (χ0n) is 10.7. The van der Waals surface area contributed by atoms with Crippen molar-refractivity contribution in [2.24, 2.45) is 0 Å². The lowest BCUT2D eigenvalue weighted by molar-refractivity contribution is -0.121. The molecule has 0 heterocycles. The van der Waals surface area contributed by atoms with Crippen molar-refractivity contribution in [2.45, 2.75) is 29.8 Å². The molecule has 0 radical (unpaired) electrons. The van der Waals surface area contributed by atoms with Crippen LogP contribution in [0.25, 0.3) is 0 Å². The number of hydrogen-bond donors (Lipinski definition) is 6. The lowest BCUT2D eigenvalue weighted by atomic mass is 10.1. The SMILES string of the molecule is O=C(NCCO)C(S)CCCC(S)C(=O)NCCO. The van der Waals surface area contributed by atoms with Gasteiger partial charge in [-0.15, -0.1) is 0 Å². The van der Waals surface area contributed by atoms with Crippen molar-refractivity contribution in [1.82, 2.24) is 10.6 Å². The number of carbonyl (C=O) groups is 2. The number of thiol groups is 2. The summed E-state index contributed by atoms with van der Waals surface area (Å²) >= 11 is 8.31. The van der Waals surface area contributed by atoms with E-state index >= 15 is 0 Å². The van der Waals surface area contributed by atoms with Gasteiger partial charge in [-0.05, 0) is 12.8 Å². The van der Waals surface area contributed by atoms with Crippen LogP contribution in [-0.2, 0) is 9.59 Å². The Morgan fingerprint density at radius 1 is 0.895 bits per heavy atom. The van der Waals surface area contributed by atoms with E-state index in [0.29, 0.717) is 19.3 Å². The highest BCUT2D eigenvalue weighted by atomic mass is 32.1. The fourth-order valence-electron chi connectivity index (χ4n) is 1.36. The summed E-state index contributed by atoms with van der Waals surface area (Å²) in [5.41, 5.74) is 0. The van der Waals surface area contributed by atoms with Crippen molar-refractivity contribution in [3.05, 3.63) is 0 Å². The molecule has 112 valence electrons. The maximum atomic E-state index is 11.4. The van der Waals surface area contributed by atoms with Crippen molar-refractivity contribution in [2.75, 3.05) is 26.3 Å². The smallest absolute Gasteiger partial charge is 0.232 e. The highest BCUT2D eigenvalue weighted by molar-refractivity contribution is 7.82. The van der Waals surface area contributed by atoms with Gasteiger partial charge in [-0.2, -0.15) is 25.3 Å². The van der Waals surface area contributed by atoms with E-state index in [2.05, 4.69) is 35.9 Å². The van der Waals surface area contributed by atoms with Gasteiger partial charge in [0.05, 0.1) is 23.7 Å². The molecule has 4 N–H and O–H groups in total. The molecule has 0 aromatic rings. The molecular weight excluding hydrogens is 288 g/mol. The van der Waals surface area contributed by atoms with Gasteiger partial charge in [0.25, 0.3) is 0 Å². The van der Waals surface area contributed by atoms with Crippen LogP contribution in [0.3, 0.4) is 0 Å². The minimum absolute atomic E-state index is 0.101. The Hall–Kier alpha value is -0.440. The molecule has 8 heteroatoms. The Morgan fingerprint density at radius 2 is 1.26 bits per heavy atom. The van der Waals surface area contributed by atoms with E-state index in [4.69, 9.17) is 10.2 Å². The summed E-state index contributed by atoms with van der Waals surface area (Å²) in [6.07, 6.45) is 1.71. The van der Waals surface area contributed by atoms with E-state index in [1.165, 1.54) is 0 Å². The third-order valence-corrected chi connectivity index (χ3v) is 3.37. The summed E-state index contributed by atoms with van der Waals surface area (Å²) in [7, 11) is 0. The molecule has 0 spiro atoms. The Kier molecular flexibility index (Phi) is 11.1. The second kappa shape index (κ2) is 11.4. The molecule has 2 atom stereocenters. The zero-order chi connectivity index (χ0) is 14.7. The van der Waals surface area contributed by atoms with Crippen LogP contribution in [0.5, 0.6) is 0 Å². The molecule has 0 aliphatic heterocycles. The van der Waals surface area contributed by atoms with Crippen molar-refractivity contribution in [3.8, 4) is 0 Å². The fourth-order valence-corrected chi connectivity index (χ4v) is 1.91. The Bertz CT molecular complexity index is 253. The van der Waals surface area contributed by atoms with E-state index in [9.17, 15) is 9.59 Å². The molecule has 0 saturated carbocycles. The van der Waals surface area contributed by atoms with E-state index in [1.807, 2.05) is 0 Å². The molecule has 19 heavy (non-hydrogen) atoms. The molecule has 0 aliphatic carbocycles. The number of rotatable bonds is 10. The topological polar surface area (TPSA) is 98.7 Å². The third-order valence-electron chi connectivity index (χ3n) is 2.38. The minimum Gasteiger partial charge on any atom is -0.395 e. The second-order valence-electron chi connectivity index (χ2n) is 3.99. The standard InChI is InChI=1S/C11H22N2O4S2/c14-6-4-12-10(16)8(18)2-1-3-9(19)11(17)13-5-7-15/h8-9,14-15,18-19H,1-7H2,(H,12,16)(H,13,17). The quantitative estimate of drug-likeness (QED) is 0.291. The average Bonchev–Trinajstić information content (AvgIpc) is 2.41. The maximum Gasteiger partial charge on any atom is 0.232 e. The highest BCUT2D eigenvalue weighted by Gasteiger charge is 2.16. The summed E-state index contributed by atoms with van der Waals surface area (Å²) in [6, 6.07) is 0. The second-order valence-corrected chi connectivity index (χ2v) is 5.24. The first-order chi connectivity index (χ1) is 9.02. The van der Waals surface area contributed by atoms with E-state index < -0.39 is 10.5 Å². The summed E-state index contributed by atoms with van der Waals surface area (Å²) < 4.78 is 0. The van der Waals surface area contributed by atoms with Gasteiger partial charge in [0, 0.05) is 13.1 Å². The van der Waals surface area contributed by atoms with Gasteiger partial charge in [-0.1, -0.05) is 6.42 Å². The van der Waals surface area contributed by atoms with Crippen molar-refractivity contribution in [3.63, 3.8) is 0 Å². The fraction of sp³-hybridized carbons (Fsp3) is 0.818. The van der Waals surface area contributed by atoms with Gasteiger partial charge in [-0.3, -0.25) is 9.59 Å². The van der Waals surface area contributed by atoms with Crippen LogP contribution in [0.4, 0.5) is 0 Å². The van der Waals surface area contributed by atoms with Gasteiger partial charge in [-0.25, -0.2) is 0 Å². The number of aliphatic hydroxyl groups excluding tert-OH is 2. The van der Waals surface area contributed by atoms with Crippen molar-refractivity contribution in [1.29, 1.82) is 0 Å². The third kappa shape index (κ3) is 9.15. The van der Waals surface area contributed by atoms with E-state index in [0.717, 1.165) is 0 Å².